The summed E-state index contributed by atoms with van der Waals surface area (Å²) in [6, 6.07) is 6.33. The van der Waals surface area contributed by atoms with Gasteiger partial charge < -0.3 is 18.9 Å². The van der Waals surface area contributed by atoms with E-state index in [-0.39, 0.29) is 45.4 Å². The van der Waals surface area contributed by atoms with Gasteiger partial charge in [0.2, 0.25) is 5.78 Å². The molecule has 0 saturated heterocycles. The number of ketones is 1. The lowest BCUT2D eigenvalue weighted by molar-refractivity contribution is -0.274. The average Bonchev–Trinajstić information content (AvgIpc) is 3.54. The first-order valence-electron chi connectivity index (χ1n) is 16.4. The minimum absolute atomic E-state index is 0.0110. The van der Waals surface area contributed by atoms with Crippen LogP contribution in [0, 0.1) is 5.92 Å². The van der Waals surface area contributed by atoms with E-state index in [4.69, 9.17) is 8.85 Å². The minimum atomic E-state index is -4.81. The average molecular weight is 724 g/mol. The number of aromatic nitrogens is 4. The van der Waals surface area contributed by atoms with E-state index in [0.29, 0.717) is 18.6 Å². The van der Waals surface area contributed by atoms with E-state index in [2.05, 4.69) is 92.9 Å². The van der Waals surface area contributed by atoms with Crippen molar-refractivity contribution in [3.05, 3.63) is 65.9 Å². The maximum absolute atomic E-state index is 16.5. The zero-order valence-corrected chi connectivity index (χ0v) is 32.0. The molecule has 1 saturated carbocycles. The molecule has 1 aliphatic rings. The molecule has 0 bridgehead atoms. The lowest BCUT2D eigenvalue weighted by Gasteiger charge is -2.41. The Hall–Kier alpha value is -3.15. The molecule has 1 aliphatic carbocycles. The van der Waals surface area contributed by atoms with Gasteiger partial charge >= 0.3 is 6.36 Å². The number of halogens is 4. The number of rotatable bonds is 12. The molecule has 270 valence electrons. The highest BCUT2D eigenvalue weighted by atomic mass is 28.4. The summed E-state index contributed by atoms with van der Waals surface area (Å²) in [4.78, 5) is 22.0. The van der Waals surface area contributed by atoms with Crippen LogP contribution in [0.5, 0.6) is 5.75 Å². The van der Waals surface area contributed by atoms with Crippen molar-refractivity contribution in [2.24, 2.45) is 5.92 Å². The Morgan fingerprint density at radius 1 is 1.02 bits per heavy atom. The summed E-state index contributed by atoms with van der Waals surface area (Å²) in [5, 5.41) is 7.41. The van der Waals surface area contributed by atoms with E-state index < -0.39 is 47.1 Å². The normalized spacial score (nSPS) is 20.8. The second-order valence-electron chi connectivity index (χ2n) is 15.8. The summed E-state index contributed by atoms with van der Waals surface area (Å²) >= 11 is 0. The van der Waals surface area contributed by atoms with Gasteiger partial charge in [0, 0.05) is 24.9 Å². The molecule has 1 aromatic carbocycles. The van der Waals surface area contributed by atoms with Crippen molar-refractivity contribution in [2.75, 3.05) is 11.9 Å². The Balaban J connectivity index is 1.53. The second kappa shape index (κ2) is 14.2. The van der Waals surface area contributed by atoms with Gasteiger partial charge in [0.1, 0.15) is 29.8 Å². The lowest BCUT2D eigenvalue weighted by Crippen LogP contribution is -2.49. The van der Waals surface area contributed by atoms with Crippen LogP contribution in [0.4, 0.5) is 23.4 Å². The van der Waals surface area contributed by atoms with E-state index in [1.807, 2.05) is 0 Å². The third kappa shape index (κ3) is 9.55. The first-order chi connectivity index (χ1) is 22.5. The predicted molar refractivity (Wildman–Crippen MR) is 186 cm³/mol. The fourth-order valence-corrected chi connectivity index (χ4v) is 7.53. The van der Waals surface area contributed by atoms with Gasteiger partial charge in [0.05, 0.1) is 24.3 Å². The zero-order chi connectivity index (χ0) is 36.6. The Morgan fingerprint density at radius 2 is 1.69 bits per heavy atom. The Morgan fingerprint density at radius 3 is 2.33 bits per heavy atom. The highest BCUT2D eigenvalue weighted by Crippen LogP contribution is 2.44. The summed E-state index contributed by atoms with van der Waals surface area (Å²) in [5.74, 6) is -0.880. The minimum Gasteiger partial charge on any atom is -0.416 e. The third-order valence-corrected chi connectivity index (χ3v) is 19.0. The molecule has 2 aromatic heterocycles. The monoisotopic (exact) mass is 723 g/mol. The zero-order valence-electron chi connectivity index (χ0n) is 30.0. The summed E-state index contributed by atoms with van der Waals surface area (Å²) in [7, 11) is -4.48. The molecule has 9 nitrogen and oxygen atoms in total. The molecule has 4 atom stereocenters. The molecular formula is C34H49F4N5O4Si2. The smallest absolute Gasteiger partial charge is 0.416 e. The van der Waals surface area contributed by atoms with E-state index in [9.17, 15) is 18.0 Å². The Labute approximate surface area is 288 Å². The molecule has 1 fully saturated rings. The highest BCUT2D eigenvalue weighted by molar-refractivity contribution is 6.74. The summed E-state index contributed by atoms with van der Waals surface area (Å²) < 4.78 is 73.3. The van der Waals surface area contributed by atoms with Gasteiger partial charge in [-0.15, -0.1) is 13.2 Å². The van der Waals surface area contributed by atoms with Crippen LogP contribution < -0.4 is 10.1 Å². The van der Waals surface area contributed by atoms with E-state index >= 15 is 4.39 Å². The Bertz CT molecular complexity index is 1600. The Kier molecular flexibility index (Phi) is 11.2. The summed E-state index contributed by atoms with van der Waals surface area (Å²) in [6.07, 6.45) is -2.29. The standard InChI is InChI=1S/C34H49F4N5O4Si2/c1-32(2,3)48(7,8)45-20-23-17-27(28(35)30(23)47-49(9,10)33(4,5)6)41-31-25(18-39-21-40-31)29(44)26-14-15-43(42-26)19-22-12-11-13-24(16-22)46-34(36,37)38/h11-16,18,21,23,27-28,30H,17,19-20H2,1-10H3,(H,39,40,41)/t23-,27-,28-,30-/m1/s1. The van der Waals surface area contributed by atoms with Crippen molar-refractivity contribution in [3.63, 3.8) is 0 Å². The predicted octanol–water partition coefficient (Wildman–Crippen LogP) is 8.40. The molecule has 0 amide bonds. The molecule has 1 N–H and O–H groups in total. The number of hydrogen-bond donors (Lipinski definition) is 1. The van der Waals surface area contributed by atoms with Gasteiger partial charge in [-0.3, -0.25) is 9.48 Å². The molecule has 0 radical (unpaired) electrons. The molecule has 2 heterocycles. The van der Waals surface area contributed by atoms with Gasteiger partial charge in [-0.1, -0.05) is 53.7 Å². The molecule has 0 aliphatic heterocycles. The molecule has 0 unspecified atom stereocenters. The SMILES string of the molecule is CC(C)(C)[Si](C)(C)OC[C@H]1C[C@@H](Nc2ncncc2C(=O)c2ccn(Cc3cccc(OC(F)(F)F)c3)n2)[C@@H](F)[C@@H]1O[Si](C)(C)C(C)(C)C. The fraction of sp³-hybridized carbons (Fsp3) is 0.588. The maximum atomic E-state index is 16.5. The second-order valence-corrected chi connectivity index (χ2v) is 25.4. The molecular weight excluding hydrogens is 675 g/mol. The van der Waals surface area contributed by atoms with Crippen LogP contribution in [-0.2, 0) is 15.4 Å². The third-order valence-electron chi connectivity index (χ3n) is 10.0. The van der Waals surface area contributed by atoms with Crippen LogP contribution in [0.1, 0.15) is 69.6 Å². The number of ether oxygens (including phenoxy) is 1. The van der Waals surface area contributed by atoms with Gasteiger partial charge in [-0.25, -0.2) is 14.4 Å². The summed E-state index contributed by atoms with van der Waals surface area (Å²) in [5.41, 5.74) is 0.679. The van der Waals surface area contributed by atoms with Crippen molar-refractivity contribution in [1.29, 1.82) is 0 Å². The molecule has 0 spiro atoms. The quantitative estimate of drug-likeness (QED) is 0.113. The molecule has 4 rings (SSSR count). The van der Waals surface area contributed by atoms with E-state index in [0.717, 1.165) is 0 Å². The van der Waals surface area contributed by atoms with Crippen molar-refractivity contribution in [3.8, 4) is 5.75 Å². The number of nitrogens with zero attached hydrogens (tertiary/aromatic N) is 4. The van der Waals surface area contributed by atoms with Crippen LogP contribution in [0.2, 0.25) is 36.3 Å². The van der Waals surface area contributed by atoms with E-state index in [1.54, 1.807) is 12.3 Å². The fourth-order valence-electron chi connectivity index (χ4n) is 5.11. The van der Waals surface area contributed by atoms with Crippen molar-refractivity contribution in [1.82, 2.24) is 19.7 Å². The molecule has 15 heteroatoms. The highest BCUT2D eigenvalue weighted by Gasteiger charge is 2.51. The van der Waals surface area contributed by atoms with Gasteiger partial charge in [0.25, 0.3) is 0 Å². The van der Waals surface area contributed by atoms with Crippen LogP contribution in [-0.4, -0.2) is 73.5 Å². The molecule has 49 heavy (non-hydrogen) atoms. The van der Waals surface area contributed by atoms with Crippen LogP contribution >= 0.6 is 0 Å². The van der Waals surface area contributed by atoms with Crippen LogP contribution in [0.15, 0.2) is 49.1 Å². The first kappa shape index (κ1) is 38.7. The van der Waals surface area contributed by atoms with Crippen molar-refractivity contribution >= 4 is 28.2 Å². The van der Waals surface area contributed by atoms with Gasteiger partial charge in [-0.2, -0.15) is 5.10 Å². The summed E-state index contributed by atoms with van der Waals surface area (Å²) in [6.45, 7) is 21.9. The topological polar surface area (TPSA) is 100 Å². The number of nitrogens with one attached hydrogen (secondary N) is 1. The number of carbonyl (C=O) groups is 1. The number of anilines is 1. The maximum Gasteiger partial charge on any atom is 0.573 e. The first-order valence-corrected chi connectivity index (χ1v) is 22.2. The van der Waals surface area contributed by atoms with Crippen LogP contribution in [0.3, 0.4) is 0 Å². The number of carbonyl (C=O) groups excluding carboxylic acids is 1. The number of alkyl halides is 4. The molecule has 3 aromatic rings. The van der Waals surface area contributed by atoms with E-state index in [1.165, 1.54) is 41.5 Å². The van der Waals surface area contributed by atoms with Crippen molar-refractivity contribution in [2.45, 2.75) is 115 Å². The van der Waals surface area contributed by atoms with Crippen molar-refractivity contribution < 1.29 is 35.9 Å². The number of hydrogen-bond acceptors (Lipinski definition) is 8. The number of benzene rings is 1. The van der Waals surface area contributed by atoms with Crippen LogP contribution in [0.25, 0.3) is 0 Å². The van der Waals surface area contributed by atoms with Gasteiger partial charge in [0.15, 0.2) is 16.6 Å². The van der Waals surface area contributed by atoms with Gasteiger partial charge in [-0.05, 0) is 66.4 Å². The largest absolute Gasteiger partial charge is 0.573 e. The lowest BCUT2D eigenvalue weighted by atomic mass is 10.1.